The van der Waals surface area contributed by atoms with Gasteiger partial charge >= 0.3 is 0 Å². The molecular weight excluding hydrogens is 146 g/mol. The molecule has 0 aliphatic rings. The lowest BCUT2D eigenvalue weighted by Gasteiger charge is -1.92. The third-order valence-electron chi connectivity index (χ3n) is 0.963. The summed E-state index contributed by atoms with van der Waals surface area (Å²) >= 11 is 0. The maximum absolute atomic E-state index is 10.5. The van der Waals surface area contributed by atoms with Crippen LogP contribution in [0.1, 0.15) is 12.6 Å². The minimum atomic E-state index is -0.293. The van der Waals surface area contributed by atoms with E-state index in [1.165, 1.54) is 6.92 Å². The second-order valence-electron chi connectivity index (χ2n) is 1.82. The number of aromatic nitrogens is 1. The molecule has 0 unspecified atom stereocenters. The molecule has 0 saturated carbocycles. The summed E-state index contributed by atoms with van der Waals surface area (Å²) < 4.78 is 4.70. The third kappa shape index (κ3) is 1.55. The van der Waals surface area contributed by atoms with Crippen molar-refractivity contribution in [3.8, 4) is 6.07 Å². The molecule has 11 heavy (non-hydrogen) atoms. The van der Waals surface area contributed by atoms with Crippen LogP contribution in [0, 0.1) is 11.3 Å². The van der Waals surface area contributed by atoms with Gasteiger partial charge in [0.15, 0.2) is 6.39 Å². The first-order valence-corrected chi connectivity index (χ1v) is 2.85. The van der Waals surface area contributed by atoms with E-state index in [-0.39, 0.29) is 17.5 Å². The van der Waals surface area contributed by atoms with Gasteiger partial charge < -0.3 is 4.42 Å². The van der Waals surface area contributed by atoms with Crippen molar-refractivity contribution in [2.45, 2.75) is 6.92 Å². The second-order valence-corrected chi connectivity index (χ2v) is 1.82. The highest BCUT2D eigenvalue weighted by Gasteiger charge is 2.07. The number of anilines is 1. The zero-order valence-corrected chi connectivity index (χ0v) is 5.79. The van der Waals surface area contributed by atoms with Gasteiger partial charge in [0.05, 0.1) is 0 Å². The van der Waals surface area contributed by atoms with Crippen molar-refractivity contribution in [2.24, 2.45) is 0 Å². The Labute approximate surface area is 62.6 Å². The summed E-state index contributed by atoms with van der Waals surface area (Å²) in [4.78, 5) is 14.0. The zero-order chi connectivity index (χ0) is 8.27. The Morgan fingerprint density at radius 3 is 3.18 bits per heavy atom. The standard InChI is InChI=1S/C6H5N3O2/c1-4(10)9-6-5(2-7)8-3-11-6/h3H,1H3,(H,9,10). The van der Waals surface area contributed by atoms with Crippen LogP contribution in [0.5, 0.6) is 0 Å². The molecule has 0 atom stereocenters. The number of nitrogens with one attached hydrogen (secondary N) is 1. The van der Waals surface area contributed by atoms with Gasteiger partial charge in [0.25, 0.3) is 0 Å². The van der Waals surface area contributed by atoms with Crippen molar-refractivity contribution < 1.29 is 9.21 Å². The van der Waals surface area contributed by atoms with Crippen LogP contribution in [0.2, 0.25) is 0 Å². The molecule has 0 aliphatic carbocycles. The summed E-state index contributed by atoms with van der Waals surface area (Å²) in [6, 6.07) is 1.76. The summed E-state index contributed by atoms with van der Waals surface area (Å²) in [6.45, 7) is 1.32. The molecule has 1 aromatic rings. The van der Waals surface area contributed by atoms with Gasteiger partial charge in [-0.25, -0.2) is 4.98 Å². The normalized spacial score (nSPS) is 8.73. The number of hydrogen-bond donors (Lipinski definition) is 1. The van der Waals surface area contributed by atoms with Crippen LogP contribution in [-0.2, 0) is 4.79 Å². The van der Waals surface area contributed by atoms with Crippen LogP contribution < -0.4 is 5.32 Å². The van der Waals surface area contributed by atoms with E-state index in [4.69, 9.17) is 9.68 Å². The summed E-state index contributed by atoms with van der Waals surface area (Å²) in [7, 11) is 0. The number of amides is 1. The lowest BCUT2D eigenvalue weighted by molar-refractivity contribution is -0.114. The summed E-state index contributed by atoms with van der Waals surface area (Å²) in [5, 5.41) is 10.7. The average molecular weight is 151 g/mol. The molecular formula is C6H5N3O2. The van der Waals surface area contributed by atoms with Gasteiger partial charge in [-0.1, -0.05) is 0 Å². The van der Waals surface area contributed by atoms with Crippen LogP contribution in [0.15, 0.2) is 10.8 Å². The number of nitriles is 1. The van der Waals surface area contributed by atoms with E-state index in [1.807, 2.05) is 0 Å². The third-order valence-corrected chi connectivity index (χ3v) is 0.963. The summed E-state index contributed by atoms with van der Waals surface area (Å²) in [5.41, 5.74) is 0.0835. The van der Waals surface area contributed by atoms with Gasteiger partial charge in [-0.15, -0.1) is 0 Å². The molecule has 1 amide bonds. The molecule has 0 radical (unpaired) electrons. The highest BCUT2D eigenvalue weighted by atomic mass is 16.4. The molecule has 0 aromatic carbocycles. The van der Waals surface area contributed by atoms with E-state index in [2.05, 4.69) is 10.3 Å². The van der Waals surface area contributed by atoms with Crippen molar-refractivity contribution in [3.63, 3.8) is 0 Å². The maximum Gasteiger partial charge on any atom is 0.238 e. The molecule has 1 aromatic heterocycles. The first kappa shape index (κ1) is 7.28. The van der Waals surface area contributed by atoms with Crippen LogP contribution in [0.3, 0.4) is 0 Å². The fourth-order valence-electron chi connectivity index (χ4n) is 0.574. The SMILES string of the molecule is CC(=O)Nc1ocnc1C#N. The molecule has 0 spiro atoms. The van der Waals surface area contributed by atoms with E-state index in [0.29, 0.717) is 0 Å². The summed E-state index contributed by atoms with van der Waals surface area (Å²) in [6.07, 6.45) is 1.10. The van der Waals surface area contributed by atoms with Crippen molar-refractivity contribution in [2.75, 3.05) is 5.32 Å². The van der Waals surface area contributed by atoms with E-state index in [9.17, 15) is 4.79 Å². The lowest BCUT2D eigenvalue weighted by atomic mass is 10.5. The van der Waals surface area contributed by atoms with Gasteiger partial charge in [-0.2, -0.15) is 5.26 Å². The Kier molecular flexibility index (Phi) is 1.88. The second kappa shape index (κ2) is 2.84. The Hall–Kier alpha value is -1.83. The van der Waals surface area contributed by atoms with Gasteiger partial charge in [0, 0.05) is 6.92 Å². The number of carbonyl (C=O) groups excluding carboxylic acids is 1. The summed E-state index contributed by atoms with van der Waals surface area (Å²) in [5.74, 6) is -0.196. The van der Waals surface area contributed by atoms with Crippen LogP contribution in [0.4, 0.5) is 5.88 Å². The minimum absolute atomic E-state index is 0.0835. The van der Waals surface area contributed by atoms with E-state index >= 15 is 0 Å². The molecule has 0 fully saturated rings. The van der Waals surface area contributed by atoms with E-state index < -0.39 is 0 Å². The number of carbonyl (C=O) groups is 1. The molecule has 1 rings (SSSR count). The smallest absolute Gasteiger partial charge is 0.238 e. The molecule has 56 valence electrons. The van der Waals surface area contributed by atoms with Crippen molar-refractivity contribution in [1.82, 2.24) is 4.98 Å². The first-order valence-electron chi connectivity index (χ1n) is 2.85. The van der Waals surface area contributed by atoms with E-state index in [0.717, 1.165) is 6.39 Å². The molecule has 0 aliphatic heterocycles. The van der Waals surface area contributed by atoms with Gasteiger partial charge in [-0.05, 0) is 0 Å². The average Bonchev–Trinajstić information content (AvgIpc) is 2.34. The highest BCUT2D eigenvalue weighted by molar-refractivity contribution is 5.88. The molecule has 5 heteroatoms. The molecule has 1 heterocycles. The molecule has 0 saturated heterocycles. The van der Waals surface area contributed by atoms with E-state index in [1.54, 1.807) is 6.07 Å². The predicted octanol–water partition coefficient (Wildman–Crippen LogP) is 0.505. The number of rotatable bonds is 1. The fraction of sp³-hybridized carbons (Fsp3) is 0.167. The Morgan fingerprint density at radius 2 is 2.64 bits per heavy atom. The van der Waals surface area contributed by atoms with Crippen LogP contribution >= 0.6 is 0 Å². The quantitative estimate of drug-likeness (QED) is 0.634. The lowest BCUT2D eigenvalue weighted by Crippen LogP contribution is -2.05. The maximum atomic E-state index is 10.5. The topological polar surface area (TPSA) is 78.9 Å². The monoisotopic (exact) mass is 151 g/mol. The van der Waals surface area contributed by atoms with Crippen LogP contribution in [0.25, 0.3) is 0 Å². The fourth-order valence-corrected chi connectivity index (χ4v) is 0.574. The predicted molar refractivity (Wildman–Crippen MR) is 35.5 cm³/mol. The Morgan fingerprint density at radius 1 is 1.91 bits per heavy atom. The largest absolute Gasteiger partial charge is 0.426 e. The van der Waals surface area contributed by atoms with Crippen LogP contribution in [-0.4, -0.2) is 10.9 Å². The number of hydrogen-bond acceptors (Lipinski definition) is 4. The molecule has 1 N–H and O–H groups in total. The van der Waals surface area contributed by atoms with Gasteiger partial charge in [0.2, 0.25) is 17.5 Å². The van der Waals surface area contributed by atoms with Gasteiger partial charge in [-0.3, -0.25) is 10.1 Å². The molecule has 5 nitrogen and oxygen atoms in total. The van der Waals surface area contributed by atoms with Gasteiger partial charge in [0.1, 0.15) is 6.07 Å². The Bertz CT molecular complexity index is 310. The van der Waals surface area contributed by atoms with Crippen molar-refractivity contribution in [3.05, 3.63) is 12.1 Å². The van der Waals surface area contributed by atoms with Crippen molar-refractivity contribution in [1.29, 1.82) is 5.26 Å². The minimum Gasteiger partial charge on any atom is -0.426 e. The zero-order valence-electron chi connectivity index (χ0n) is 5.79. The highest BCUT2D eigenvalue weighted by Crippen LogP contribution is 2.10. The number of nitrogens with zero attached hydrogens (tertiary/aromatic N) is 2. The van der Waals surface area contributed by atoms with Crippen molar-refractivity contribution >= 4 is 11.8 Å². The molecule has 0 bridgehead atoms. The number of oxazole rings is 1. The Balaban J connectivity index is 2.87. The first-order chi connectivity index (χ1) is 5.24.